The maximum Gasteiger partial charge on any atom is 0.295 e. The fraction of sp³-hybridized carbons (Fsp3) is 0.263. The van der Waals surface area contributed by atoms with Crippen molar-refractivity contribution in [2.75, 3.05) is 18.5 Å². The summed E-state index contributed by atoms with van der Waals surface area (Å²) in [6.45, 7) is 4.72. The summed E-state index contributed by atoms with van der Waals surface area (Å²) in [5.41, 5.74) is 10.1. The molecule has 0 atom stereocenters. The lowest BCUT2D eigenvalue weighted by atomic mass is 10.2. The standard InChI is InChI=1S/C19H21FN4O2/c1-12-5-14(6-13(2)23-12)10-22-19-24-17-4-3-16(7-18(17)26-19)25-11-15(8-20)9-21/h3-8H,9-11,21H2,1-2H3,(H,22,24). The van der Waals surface area contributed by atoms with Gasteiger partial charge in [-0.05, 0) is 43.7 Å². The lowest BCUT2D eigenvalue weighted by molar-refractivity contribution is 0.347. The maximum atomic E-state index is 12.5. The van der Waals surface area contributed by atoms with Gasteiger partial charge in [-0.25, -0.2) is 4.39 Å². The van der Waals surface area contributed by atoms with E-state index in [0.29, 0.717) is 41.3 Å². The second-order valence-electron chi connectivity index (χ2n) is 6.02. The van der Waals surface area contributed by atoms with Gasteiger partial charge in [-0.1, -0.05) is 0 Å². The third-order valence-corrected chi connectivity index (χ3v) is 3.79. The Morgan fingerprint density at radius 1 is 1.23 bits per heavy atom. The van der Waals surface area contributed by atoms with E-state index in [4.69, 9.17) is 14.9 Å². The first-order chi connectivity index (χ1) is 12.6. The highest BCUT2D eigenvalue weighted by molar-refractivity contribution is 5.76. The molecule has 0 bridgehead atoms. The molecule has 3 rings (SSSR count). The number of ether oxygens (including phenoxy) is 1. The number of nitrogens with one attached hydrogen (secondary N) is 1. The van der Waals surface area contributed by atoms with Gasteiger partial charge in [0, 0.05) is 36.1 Å². The summed E-state index contributed by atoms with van der Waals surface area (Å²) in [6, 6.07) is 9.73. The lowest BCUT2D eigenvalue weighted by Crippen LogP contribution is -2.10. The molecule has 0 radical (unpaired) electrons. The van der Waals surface area contributed by atoms with Crippen LogP contribution in [0.2, 0.25) is 0 Å². The summed E-state index contributed by atoms with van der Waals surface area (Å²) in [5.74, 6) is 0.563. The average Bonchev–Trinajstić information content (AvgIpc) is 3.02. The second-order valence-corrected chi connectivity index (χ2v) is 6.02. The molecular formula is C19H21FN4O2. The van der Waals surface area contributed by atoms with E-state index in [1.807, 2.05) is 26.0 Å². The topological polar surface area (TPSA) is 86.2 Å². The van der Waals surface area contributed by atoms with Gasteiger partial charge in [0.1, 0.15) is 17.9 Å². The van der Waals surface area contributed by atoms with E-state index in [1.165, 1.54) is 0 Å². The predicted octanol–water partition coefficient (Wildman–Crippen LogP) is 3.64. The molecular weight excluding hydrogens is 335 g/mol. The Morgan fingerprint density at radius 3 is 2.69 bits per heavy atom. The Bertz CT molecular complexity index is 916. The fourth-order valence-electron chi connectivity index (χ4n) is 2.58. The van der Waals surface area contributed by atoms with Gasteiger partial charge >= 0.3 is 0 Å². The minimum atomic E-state index is 0.0957. The molecule has 0 unspecified atom stereocenters. The largest absolute Gasteiger partial charge is 0.489 e. The number of aryl methyl sites for hydroxylation is 2. The Hall–Kier alpha value is -2.93. The van der Waals surface area contributed by atoms with Crippen LogP contribution in [0.3, 0.4) is 0 Å². The van der Waals surface area contributed by atoms with Crippen molar-refractivity contribution in [1.82, 2.24) is 9.97 Å². The van der Waals surface area contributed by atoms with E-state index >= 15 is 0 Å². The van der Waals surface area contributed by atoms with Gasteiger partial charge in [0.15, 0.2) is 5.58 Å². The van der Waals surface area contributed by atoms with E-state index < -0.39 is 0 Å². The number of benzene rings is 1. The van der Waals surface area contributed by atoms with Gasteiger partial charge in [0.2, 0.25) is 0 Å². The van der Waals surface area contributed by atoms with E-state index in [9.17, 15) is 4.39 Å². The number of hydrogen-bond acceptors (Lipinski definition) is 6. The summed E-state index contributed by atoms with van der Waals surface area (Å²) >= 11 is 0. The van der Waals surface area contributed by atoms with Gasteiger partial charge in [-0.3, -0.25) is 4.98 Å². The highest BCUT2D eigenvalue weighted by Gasteiger charge is 2.08. The third-order valence-electron chi connectivity index (χ3n) is 3.79. The second kappa shape index (κ2) is 7.97. The summed E-state index contributed by atoms with van der Waals surface area (Å²) < 4.78 is 23.8. The number of anilines is 1. The monoisotopic (exact) mass is 356 g/mol. The van der Waals surface area contributed by atoms with Crippen molar-refractivity contribution >= 4 is 17.1 Å². The van der Waals surface area contributed by atoms with Crippen molar-refractivity contribution in [2.45, 2.75) is 20.4 Å². The Morgan fingerprint density at radius 2 is 2.00 bits per heavy atom. The molecule has 0 saturated carbocycles. The number of nitrogens with two attached hydrogens (primary N) is 1. The summed E-state index contributed by atoms with van der Waals surface area (Å²) in [4.78, 5) is 8.76. The Kier molecular flexibility index (Phi) is 5.48. The number of rotatable bonds is 7. The highest BCUT2D eigenvalue weighted by Crippen LogP contribution is 2.24. The van der Waals surface area contributed by atoms with Crippen LogP contribution in [0.1, 0.15) is 17.0 Å². The first kappa shape index (κ1) is 17.9. The minimum Gasteiger partial charge on any atom is -0.489 e. The SMILES string of the molecule is Cc1cc(CNc2nc3ccc(OCC(=CF)CN)cc3o2)cc(C)n1. The molecule has 1 aromatic carbocycles. The van der Waals surface area contributed by atoms with Crippen molar-refractivity contribution in [2.24, 2.45) is 5.73 Å². The molecule has 0 spiro atoms. The van der Waals surface area contributed by atoms with E-state index in [1.54, 1.807) is 18.2 Å². The van der Waals surface area contributed by atoms with Crippen LogP contribution in [0.25, 0.3) is 11.1 Å². The number of aromatic nitrogens is 2. The van der Waals surface area contributed by atoms with Gasteiger partial charge in [-0.2, -0.15) is 4.98 Å². The molecule has 0 amide bonds. The minimum absolute atomic E-state index is 0.0957. The number of oxazole rings is 1. The zero-order valence-electron chi connectivity index (χ0n) is 14.8. The van der Waals surface area contributed by atoms with Gasteiger partial charge < -0.3 is 20.2 Å². The molecule has 3 aromatic rings. The summed E-state index contributed by atoms with van der Waals surface area (Å²) in [5, 5.41) is 3.17. The zero-order valence-corrected chi connectivity index (χ0v) is 14.8. The third kappa shape index (κ3) is 4.37. The maximum absolute atomic E-state index is 12.5. The number of fused-ring (bicyclic) bond motifs is 1. The number of halogens is 1. The Balaban J connectivity index is 1.68. The van der Waals surface area contributed by atoms with Gasteiger partial charge in [0.05, 0.1) is 6.33 Å². The summed E-state index contributed by atoms with van der Waals surface area (Å²) in [6.07, 6.45) is 0.470. The molecule has 136 valence electrons. The van der Waals surface area contributed by atoms with E-state index in [-0.39, 0.29) is 13.2 Å². The molecule has 3 N–H and O–H groups in total. The molecule has 0 aliphatic carbocycles. The van der Waals surface area contributed by atoms with E-state index in [0.717, 1.165) is 17.0 Å². The molecule has 2 aromatic heterocycles. The van der Waals surface area contributed by atoms with Crippen molar-refractivity contribution in [3.8, 4) is 5.75 Å². The lowest BCUT2D eigenvalue weighted by Gasteiger charge is -2.06. The van der Waals surface area contributed by atoms with Crippen molar-refractivity contribution in [3.63, 3.8) is 0 Å². The quantitative estimate of drug-likeness (QED) is 0.672. The van der Waals surface area contributed by atoms with Crippen molar-refractivity contribution in [1.29, 1.82) is 0 Å². The van der Waals surface area contributed by atoms with Crippen LogP contribution in [0.4, 0.5) is 10.4 Å². The fourth-order valence-corrected chi connectivity index (χ4v) is 2.58. The molecule has 0 aliphatic heterocycles. The molecule has 6 nitrogen and oxygen atoms in total. The number of pyridine rings is 1. The van der Waals surface area contributed by atoms with Crippen LogP contribution >= 0.6 is 0 Å². The molecule has 0 saturated heterocycles. The van der Waals surface area contributed by atoms with Crippen LogP contribution in [0.15, 0.2) is 46.7 Å². The highest BCUT2D eigenvalue weighted by atomic mass is 19.1. The van der Waals surface area contributed by atoms with Crippen LogP contribution in [-0.2, 0) is 6.54 Å². The molecule has 0 fully saturated rings. The Labute approximate surface area is 150 Å². The molecule has 2 heterocycles. The van der Waals surface area contributed by atoms with E-state index in [2.05, 4.69) is 15.3 Å². The smallest absolute Gasteiger partial charge is 0.295 e. The number of nitrogens with zero attached hydrogens (tertiary/aromatic N) is 2. The average molecular weight is 356 g/mol. The predicted molar refractivity (Wildman–Crippen MR) is 98.8 cm³/mol. The number of hydrogen-bond donors (Lipinski definition) is 2. The van der Waals surface area contributed by atoms with Crippen LogP contribution < -0.4 is 15.8 Å². The first-order valence-electron chi connectivity index (χ1n) is 8.27. The normalized spacial score (nSPS) is 11.8. The summed E-state index contributed by atoms with van der Waals surface area (Å²) in [7, 11) is 0. The van der Waals surface area contributed by atoms with Crippen LogP contribution in [-0.4, -0.2) is 23.1 Å². The molecule has 0 aliphatic rings. The van der Waals surface area contributed by atoms with Crippen LogP contribution in [0, 0.1) is 13.8 Å². The molecule has 26 heavy (non-hydrogen) atoms. The van der Waals surface area contributed by atoms with Gasteiger partial charge in [0.25, 0.3) is 6.01 Å². The molecule has 7 heteroatoms. The van der Waals surface area contributed by atoms with Crippen molar-refractivity contribution < 1.29 is 13.5 Å². The zero-order chi connectivity index (χ0) is 18.5. The van der Waals surface area contributed by atoms with Crippen LogP contribution in [0.5, 0.6) is 5.75 Å². The van der Waals surface area contributed by atoms with Gasteiger partial charge in [-0.15, -0.1) is 0 Å². The van der Waals surface area contributed by atoms with Crippen molar-refractivity contribution in [3.05, 3.63) is 59.2 Å². The first-order valence-corrected chi connectivity index (χ1v) is 8.27.